The number of rotatable bonds is 6. The van der Waals surface area contributed by atoms with Gasteiger partial charge in [0.2, 0.25) is 0 Å². The van der Waals surface area contributed by atoms with Gasteiger partial charge >= 0.3 is 0 Å². The van der Waals surface area contributed by atoms with Crippen LogP contribution in [0.5, 0.6) is 0 Å². The predicted octanol–water partition coefficient (Wildman–Crippen LogP) is 0.624. The van der Waals surface area contributed by atoms with Crippen molar-refractivity contribution in [2.45, 2.75) is 19.1 Å². The molecule has 0 saturated carbocycles. The van der Waals surface area contributed by atoms with Crippen LogP contribution in [0.2, 0.25) is 0 Å². The van der Waals surface area contributed by atoms with Crippen LogP contribution >= 0.6 is 11.8 Å². The Morgan fingerprint density at radius 2 is 2.40 bits per heavy atom. The summed E-state index contributed by atoms with van der Waals surface area (Å²) in [7, 11) is 1.90. The Kier molecular flexibility index (Phi) is 4.63. The van der Waals surface area contributed by atoms with E-state index in [-0.39, 0.29) is 0 Å². The average molecular weight is 229 g/mol. The molecule has 0 radical (unpaired) electrons. The van der Waals surface area contributed by atoms with Gasteiger partial charge in [-0.15, -0.1) is 0 Å². The maximum atomic E-state index is 9.89. The molecule has 0 saturated heterocycles. The zero-order valence-electron chi connectivity index (χ0n) is 9.53. The summed E-state index contributed by atoms with van der Waals surface area (Å²) in [6.45, 7) is 3.13. The SMILES string of the molecule is CSCC(C)(O)CNCc1ccn(C)n1. The number of aromatic nitrogens is 2. The summed E-state index contributed by atoms with van der Waals surface area (Å²) in [6.07, 6.45) is 3.91. The molecular weight excluding hydrogens is 210 g/mol. The number of nitrogens with one attached hydrogen (secondary N) is 1. The maximum Gasteiger partial charge on any atom is 0.0833 e. The number of hydrogen-bond donors (Lipinski definition) is 2. The summed E-state index contributed by atoms with van der Waals surface area (Å²) < 4.78 is 1.77. The Hall–Kier alpha value is -0.520. The highest BCUT2D eigenvalue weighted by atomic mass is 32.2. The Labute approximate surface area is 95.1 Å². The Balaban J connectivity index is 2.27. The Bertz CT molecular complexity index is 299. The molecule has 1 unspecified atom stereocenters. The first kappa shape index (κ1) is 12.5. The van der Waals surface area contributed by atoms with Gasteiger partial charge in [0.15, 0.2) is 0 Å². The van der Waals surface area contributed by atoms with Crippen molar-refractivity contribution in [3.05, 3.63) is 18.0 Å². The van der Waals surface area contributed by atoms with Crippen LogP contribution in [0.15, 0.2) is 12.3 Å². The molecule has 1 rings (SSSR count). The minimum absolute atomic E-state index is 0.588. The van der Waals surface area contributed by atoms with Gasteiger partial charge in [0, 0.05) is 32.1 Å². The summed E-state index contributed by atoms with van der Waals surface area (Å²) >= 11 is 1.65. The van der Waals surface area contributed by atoms with Crippen LogP contribution in [-0.2, 0) is 13.6 Å². The zero-order chi connectivity index (χ0) is 11.3. The summed E-state index contributed by atoms with van der Waals surface area (Å²) in [5, 5.41) is 17.3. The third kappa shape index (κ3) is 4.68. The van der Waals surface area contributed by atoms with Crippen molar-refractivity contribution in [1.82, 2.24) is 15.1 Å². The normalized spacial score (nSPS) is 15.2. The molecule has 0 bridgehead atoms. The lowest BCUT2D eigenvalue weighted by atomic mass is 10.1. The van der Waals surface area contributed by atoms with Gasteiger partial charge in [-0.2, -0.15) is 16.9 Å². The molecule has 15 heavy (non-hydrogen) atoms. The molecule has 1 heterocycles. The largest absolute Gasteiger partial charge is 0.388 e. The van der Waals surface area contributed by atoms with Crippen LogP contribution in [0.25, 0.3) is 0 Å². The van der Waals surface area contributed by atoms with E-state index in [9.17, 15) is 5.11 Å². The zero-order valence-corrected chi connectivity index (χ0v) is 10.3. The van der Waals surface area contributed by atoms with Crippen LogP contribution < -0.4 is 5.32 Å². The highest BCUT2D eigenvalue weighted by Crippen LogP contribution is 2.09. The molecule has 0 spiro atoms. The first-order valence-corrected chi connectivity index (χ1v) is 6.33. The predicted molar refractivity (Wildman–Crippen MR) is 63.9 cm³/mol. The quantitative estimate of drug-likeness (QED) is 0.751. The lowest BCUT2D eigenvalue weighted by Crippen LogP contribution is -2.39. The van der Waals surface area contributed by atoms with E-state index < -0.39 is 5.60 Å². The number of hydrogen-bond acceptors (Lipinski definition) is 4. The smallest absolute Gasteiger partial charge is 0.0833 e. The van der Waals surface area contributed by atoms with Crippen LogP contribution in [-0.4, -0.2) is 39.0 Å². The van der Waals surface area contributed by atoms with E-state index in [1.54, 1.807) is 16.4 Å². The lowest BCUT2D eigenvalue weighted by Gasteiger charge is -2.22. The molecule has 86 valence electrons. The van der Waals surface area contributed by atoms with Gasteiger partial charge in [-0.25, -0.2) is 0 Å². The first-order valence-electron chi connectivity index (χ1n) is 4.94. The Morgan fingerprint density at radius 3 is 2.93 bits per heavy atom. The molecule has 0 amide bonds. The van der Waals surface area contributed by atoms with Gasteiger partial charge in [0.1, 0.15) is 0 Å². The summed E-state index contributed by atoms with van der Waals surface area (Å²) in [6, 6.07) is 1.97. The molecule has 4 nitrogen and oxygen atoms in total. The first-order chi connectivity index (χ1) is 7.03. The third-order valence-electron chi connectivity index (χ3n) is 2.04. The van der Waals surface area contributed by atoms with E-state index in [2.05, 4.69) is 10.4 Å². The molecule has 0 fully saturated rings. The second-order valence-electron chi connectivity index (χ2n) is 4.01. The van der Waals surface area contributed by atoms with Crippen molar-refractivity contribution >= 4 is 11.8 Å². The molecule has 0 aromatic carbocycles. The third-order valence-corrected chi connectivity index (χ3v) is 2.95. The minimum Gasteiger partial charge on any atom is -0.388 e. The fraction of sp³-hybridized carbons (Fsp3) is 0.700. The standard InChI is InChI=1S/C10H19N3OS/c1-10(14,8-15-3)7-11-6-9-4-5-13(2)12-9/h4-5,11,14H,6-8H2,1-3H3. The highest BCUT2D eigenvalue weighted by molar-refractivity contribution is 7.98. The lowest BCUT2D eigenvalue weighted by molar-refractivity contribution is 0.0845. The van der Waals surface area contributed by atoms with Crippen LogP contribution in [0.4, 0.5) is 0 Å². The van der Waals surface area contributed by atoms with E-state index in [0.717, 1.165) is 11.4 Å². The van der Waals surface area contributed by atoms with Crippen molar-refractivity contribution in [1.29, 1.82) is 0 Å². The fourth-order valence-electron chi connectivity index (χ4n) is 1.38. The van der Waals surface area contributed by atoms with Crippen molar-refractivity contribution in [2.75, 3.05) is 18.6 Å². The summed E-state index contributed by atoms with van der Waals surface area (Å²) in [4.78, 5) is 0. The van der Waals surface area contributed by atoms with Crippen LogP contribution in [0, 0.1) is 0 Å². The molecule has 0 aliphatic carbocycles. The minimum atomic E-state index is -0.645. The van der Waals surface area contributed by atoms with Gasteiger partial charge in [-0.05, 0) is 19.2 Å². The van der Waals surface area contributed by atoms with Gasteiger partial charge in [0.25, 0.3) is 0 Å². The topological polar surface area (TPSA) is 50.1 Å². The molecule has 1 atom stereocenters. The number of aliphatic hydroxyl groups is 1. The van der Waals surface area contributed by atoms with Crippen molar-refractivity contribution in [3.8, 4) is 0 Å². The van der Waals surface area contributed by atoms with E-state index >= 15 is 0 Å². The Morgan fingerprint density at radius 1 is 1.67 bits per heavy atom. The fourth-order valence-corrected chi connectivity index (χ4v) is 2.10. The molecular formula is C10H19N3OS. The van der Waals surface area contributed by atoms with E-state index in [4.69, 9.17) is 0 Å². The monoisotopic (exact) mass is 229 g/mol. The van der Waals surface area contributed by atoms with E-state index in [0.29, 0.717) is 13.1 Å². The maximum absolute atomic E-state index is 9.89. The average Bonchev–Trinajstić information content (AvgIpc) is 2.51. The summed E-state index contributed by atoms with van der Waals surface area (Å²) in [5.41, 5.74) is 0.353. The number of thioether (sulfide) groups is 1. The van der Waals surface area contributed by atoms with Gasteiger partial charge < -0.3 is 10.4 Å². The van der Waals surface area contributed by atoms with Crippen LogP contribution in [0.1, 0.15) is 12.6 Å². The number of aryl methyl sites for hydroxylation is 1. The van der Waals surface area contributed by atoms with Crippen molar-refractivity contribution < 1.29 is 5.11 Å². The van der Waals surface area contributed by atoms with Crippen LogP contribution in [0.3, 0.4) is 0 Å². The molecule has 1 aromatic rings. The second kappa shape index (κ2) is 5.53. The highest BCUT2D eigenvalue weighted by Gasteiger charge is 2.18. The van der Waals surface area contributed by atoms with Gasteiger partial charge in [-0.3, -0.25) is 4.68 Å². The van der Waals surface area contributed by atoms with E-state index in [1.165, 1.54) is 0 Å². The number of nitrogens with zero attached hydrogens (tertiary/aromatic N) is 2. The van der Waals surface area contributed by atoms with Gasteiger partial charge in [-0.1, -0.05) is 0 Å². The molecule has 5 heteroatoms. The van der Waals surface area contributed by atoms with E-state index in [1.807, 2.05) is 32.5 Å². The second-order valence-corrected chi connectivity index (χ2v) is 4.88. The molecule has 0 aliphatic rings. The molecule has 2 N–H and O–H groups in total. The molecule has 0 aliphatic heterocycles. The van der Waals surface area contributed by atoms with Crippen molar-refractivity contribution in [3.63, 3.8) is 0 Å². The van der Waals surface area contributed by atoms with Crippen molar-refractivity contribution in [2.24, 2.45) is 7.05 Å². The van der Waals surface area contributed by atoms with Gasteiger partial charge in [0.05, 0.1) is 11.3 Å². The molecule has 1 aromatic heterocycles. The summed E-state index contributed by atoms with van der Waals surface area (Å²) in [5.74, 6) is 0.738.